The lowest BCUT2D eigenvalue weighted by Gasteiger charge is -2.04. The second-order valence-corrected chi connectivity index (χ2v) is 6.38. The third-order valence-electron chi connectivity index (χ3n) is 3.02. The third-order valence-corrected chi connectivity index (χ3v) is 4.36. The summed E-state index contributed by atoms with van der Waals surface area (Å²) in [5, 5.41) is 0. The number of unbranched alkanes of at least 4 members (excludes halogenated alkanes) is 9. The number of hydrogen-bond acceptors (Lipinski definition) is 2. The minimum absolute atomic E-state index is 0.364. The Morgan fingerprint density at radius 3 is 1.76 bits per heavy atom. The molecule has 0 amide bonds. The highest BCUT2D eigenvalue weighted by Crippen LogP contribution is 2.12. The van der Waals surface area contributed by atoms with Crippen molar-refractivity contribution in [3.8, 4) is 0 Å². The van der Waals surface area contributed by atoms with Crippen molar-refractivity contribution in [1.82, 2.24) is 0 Å². The standard InChI is InChI=1S/C15H33NS/c1-3-4-5-6-7-8-9-10-11-12-13-17-14-15(2)16/h15H,3-14,16H2,1-2H3. The molecule has 1 atom stereocenters. The van der Waals surface area contributed by atoms with Gasteiger partial charge < -0.3 is 5.73 Å². The molecule has 0 aromatic rings. The number of rotatable bonds is 13. The van der Waals surface area contributed by atoms with Crippen LogP contribution in [0.3, 0.4) is 0 Å². The van der Waals surface area contributed by atoms with Gasteiger partial charge in [0.15, 0.2) is 0 Å². The van der Waals surface area contributed by atoms with E-state index in [0.29, 0.717) is 6.04 Å². The van der Waals surface area contributed by atoms with Gasteiger partial charge >= 0.3 is 0 Å². The highest BCUT2D eigenvalue weighted by atomic mass is 32.2. The van der Waals surface area contributed by atoms with Crippen molar-refractivity contribution >= 4 is 11.8 Å². The molecule has 2 N–H and O–H groups in total. The number of nitrogens with two attached hydrogens (primary N) is 1. The number of hydrogen-bond donors (Lipinski definition) is 1. The molecule has 0 radical (unpaired) electrons. The Balaban J connectivity index is 2.89. The van der Waals surface area contributed by atoms with E-state index in [1.165, 1.54) is 70.0 Å². The summed E-state index contributed by atoms with van der Waals surface area (Å²) in [4.78, 5) is 0. The molecule has 0 spiro atoms. The monoisotopic (exact) mass is 259 g/mol. The summed E-state index contributed by atoms with van der Waals surface area (Å²) in [6.07, 6.45) is 14.3. The van der Waals surface area contributed by atoms with Gasteiger partial charge in [-0.3, -0.25) is 0 Å². The van der Waals surface area contributed by atoms with E-state index < -0.39 is 0 Å². The molecule has 104 valence electrons. The second kappa shape index (κ2) is 14.4. The first kappa shape index (κ1) is 17.3. The molecule has 17 heavy (non-hydrogen) atoms. The Labute approximate surface area is 113 Å². The smallest absolute Gasteiger partial charge is 0.0101 e. The van der Waals surface area contributed by atoms with E-state index in [1.807, 2.05) is 11.8 Å². The zero-order valence-corrected chi connectivity index (χ0v) is 12.9. The van der Waals surface area contributed by atoms with Crippen LogP contribution >= 0.6 is 11.8 Å². The fraction of sp³-hybridized carbons (Fsp3) is 1.00. The van der Waals surface area contributed by atoms with E-state index in [4.69, 9.17) is 5.73 Å². The molecular formula is C15H33NS. The van der Waals surface area contributed by atoms with Crippen molar-refractivity contribution in [3.63, 3.8) is 0 Å². The summed E-state index contributed by atoms with van der Waals surface area (Å²) < 4.78 is 0. The molecule has 0 aliphatic heterocycles. The fourth-order valence-corrected chi connectivity index (χ4v) is 2.91. The zero-order valence-electron chi connectivity index (χ0n) is 12.0. The predicted octanol–water partition coefficient (Wildman–Crippen LogP) is 4.99. The molecule has 0 saturated carbocycles. The average molecular weight is 260 g/mol. The first-order chi connectivity index (χ1) is 8.27. The Morgan fingerprint density at radius 1 is 0.824 bits per heavy atom. The molecule has 0 fully saturated rings. The minimum Gasteiger partial charge on any atom is -0.327 e. The maximum absolute atomic E-state index is 5.70. The van der Waals surface area contributed by atoms with Crippen molar-refractivity contribution in [3.05, 3.63) is 0 Å². The lowest BCUT2D eigenvalue weighted by atomic mass is 10.1. The van der Waals surface area contributed by atoms with E-state index in [2.05, 4.69) is 13.8 Å². The van der Waals surface area contributed by atoms with Crippen LogP contribution in [-0.4, -0.2) is 17.5 Å². The molecule has 0 aromatic carbocycles. The molecule has 1 unspecified atom stereocenters. The highest BCUT2D eigenvalue weighted by molar-refractivity contribution is 7.99. The highest BCUT2D eigenvalue weighted by Gasteiger charge is 1.95. The van der Waals surface area contributed by atoms with Crippen molar-refractivity contribution in [2.45, 2.75) is 84.1 Å². The van der Waals surface area contributed by atoms with Crippen LogP contribution in [-0.2, 0) is 0 Å². The second-order valence-electron chi connectivity index (χ2n) is 5.23. The van der Waals surface area contributed by atoms with E-state index in [-0.39, 0.29) is 0 Å². The van der Waals surface area contributed by atoms with Gasteiger partial charge in [0, 0.05) is 11.8 Å². The first-order valence-corrected chi connectivity index (χ1v) is 8.76. The van der Waals surface area contributed by atoms with Crippen LogP contribution in [0.5, 0.6) is 0 Å². The molecule has 0 bridgehead atoms. The molecule has 0 saturated heterocycles. The summed E-state index contributed by atoms with van der Waals surface area (Å²) in [7, 11) is 0. The van der Waals surface area contributed by atoms with Crippen molar-refractivity contribution in [2.24, 2.45) is 5.73 Å². The topological polar surface area (TPSA) is 26.0 Å². The van der Waals surface area contributed by atoms with Gasteiger partial charge in [0.1, 0.15) is 0 Å². The van der Waals surface area contributed by atoms with Crippen LogP contribution in [0.2, 0.25) is 0 Å². The number of thioether (sulfide) groups is 1. The van der Waals surface area contributed by atoms with Gasteiger partial charge in [-0.15, -0.1) is 0 Å². The van der Waals surface area contributed by atoms with Crippen molar-refractivity contribution in [1.29, 1.82) is 0 Å². The van der Waals surface area contributed by atoms with Crippen LogP contribution in [0.4, 0.5) is 0 Å². The van der Waals surface area contributed by atoms with Gasteiger partial charge in [-0.1, -0.05) is 64.7 Å². The maximum Gasteiger partial charge on any atom is 0.0101 e. The fourth-order valence-electron chi connectivity index (χ4n) is 1.96. The van der Waals surface area contributed by atoms with Crippen LogP contribution in [0.1, 0.15) is 78.1 Å². The predicted molar refractivity (Wildman–Crippen MR) is 82.8 cm³/mol. The normalized spacial score (nSPS) is 12.9. The molecule has 0 aliphatic carbocycles. The Morgan fingerprint density at radius 2 is 1.29 bits per heavy atom. The molecule has 1 nitrogen and oxygen atoms in total. The van der Waals surface area contributed by atoms with Gasteiger partial charge in [0.25, 0.3) is 0 Å². The van der Waals surface area contributed by atoms with Gasteiger partial charge in [-0.05, 0) is 19.1 Å². The Bertz CT molecular complexity index is 137. The molecular weight excluding hydrogens is 226 g/mol. The van der Waals surface area contributed by atoms with Crippen molar-refractivity contribution < 1.29 is 0 Å². The van der Waals surface area contributed by atoms with Crippen LogP contribution in [0.25, 0.3) is 0 Å². The Kier molecular flexibility index (Phi) is 14.6. The lowest BCUT2D eigenvalue weighted by molar-refractivity contribution is 0.563. The average Bonchev–Trinajstić information content (AvgIpc) is 2.30. The summed E-state index contributed by atoms with van der Waals surface area (Å²) in [6, 6.07) is 0.364. The van der Waals surface area contributed by atoms with Gasteiger partial charge in [0.2, 0.25) is 0 Å². The largest absolute Gasteiger partial charge is 0.327 e. The van der Waals surface area contributed by atoms with Gasteiger partial charge in [-0.2, -0.15) is 11.8 Å². The molecule has 0 aromatic heterocycles. The molecule has 0 rings (SSSR count). The van der Waals surface area contributed by atoms with Crippen LogP contribution in [0.15, 0.2) is 0 Å². The zero-order chi connectivity index (χ0) is 12.8. The van der Waals surface area contributed by atoms with E-state index in [0.717, 1.165) is 5.75 Å². The minimum atomic E-state index is 0.364. The SMILES string of the molecule is CCCCCCCCCCCCSCC(C)N. The third kappa shape index (κ3) is 16.3. The van der Waals surface area contributed by atoms with Crippen molar-refractivity contribution in [2.75, 3.05) is 11.5 Å². The summed E-state index contributed by atoms with van der Waals surface area (Å²) in [5.41, 5.74) is 5.70. The molecule has 0 heterocycles. The molecule has 0 aliphatic rings. The summed E-state index contributed by atoms with van der Waals surface area (Å²) in [5.74, 6) is 2.43. The van der Waals surface area contributed by atoms with E-state index >= 15 is 0 Å². The quantitative estimate of drug-likeness (QED) is 0.472. The first-order valence-electron chi connectivity index (χ1n) is 7.60. The van der Waals surface area contributed by atoms with Crippen LogP contribution in [0, 0.1) is 0 Å². The lowest BCUT2D eigenvalue weighted by Crippen LogP contribution is -2.17. The summed E-state index contributed by atoms with van der Waals surface area (Å²) >= 11 is 2.01. The Hall–Kier alpha value is 0.310. The summed E-state index contributed by atoms with van der Waals surface area (Å²) in [6.45, 7) is 4.37. The van der Waals surface area contributed by atoms with Gasteiger partial charge in [-0.25, -0.2) is 0 Å². The maximum atomic E-state index is 5.70. The van der Waals surface area contributed by atoms with Gasteiger partial charge in [0.05, 0.1) is 0 Å². The van der Waals surface area contributed by atoms with E-state index in [9.17, 15) is 0 Å². The molecule has 2 heteroatoms. The van der Waals surface area contributed by atoms with Crippen LogP contribution < -0.4 is 5.73 Å². The van der Waals surface area contributed by atoms with E-state index in [1.54, 1.807) is 0 Å².